The first kappa shape index (κ1) is 14.7. The molecule has 0 aliphatic heterocycles. The third-order valence-electron chi connectivity index (χ3n) is 3.29. The molecule has 108 valence electrons. The molecule has 5 heteroatoms. The highest BCUT2D eigenvalue weighted by Gasteiger charge is 2.16. The zero-order valence-corrected chi connectivity index (χ0v) is 12.9. The summed E-state index contributed by atoms with van der Waals surface area (Å²) in [5.41, 5.74) is 3.45. The van der Waals surface area contributed by atoms with Gasteiger partial charge in [-0.15, -0.1) is 5.10 Å². The van der Waals surface area contributed by atoms with Crippen LogP contribution in [0, 0.1) is 19.8 Å². The molecule has 0 saturated heterocycles. The largest absolute Gasteiger partial charge is 0.307 e. The monoisotopic (exact) mass is 273 g/mol. The van der Waals surface area contributed by atoms with Crippen LogP contribution in [0.4, 0.5) is 0 Å². The van der Waals surface area contributed by atoms with Crippen LogP contribution in [0.3, 0.4) is 0 Å². The zero-order valence-electron chi connectivity index (χ0n) is 12.9. The Bertz CT molecular complexity index is 573. The SMILES string of the molecule is Cc1ccc(-n2nnnc2C(C)NCC(C)C)c(C)c1. The smallest absolute Gasteiger partial charge is 0.173 e. The Morgan fingerprint density at radius 1 is 1.20 bits per heavy atom. The maximum absolute atomic E-state index is 4.17. The lowest BCUT2D eigenvalue weighted by Gasteiger charge is -2.16. The molecule has 1 atom stereocenters. The van der Waals surface area contributed by atoms with Crippen molar-refractivity contribution >= 4 is 0 Å². The number of benzene rings is 1. The van der Waals surface area contributed by atoms with Gasteiger partial charge in [0.15, 0.2) is 5.82 Å². The van der Waals surface area contributed by atoms with Gasteiger partial charge in [-0.25, -0.2) is 0 Å². The summed E-state index contributed by atoms with van der Waals surface area (Å²) in [5.74, 6) is 1.44. The zero-order chi connectivity index (χ0) is 14.7. The molecule has 2 aromatic rings. The molecule has 1 aromatic heterocycles. The molecule has 5 nitrogen and oxygen atoms in total. The number of aryl methyl sites for hydroxylation is 2. The van der Waals surface area contributed by atoms with Crippen LogP contribution in [-0.4, -0.2) is 26.8 Å². The van der Waals surface area contributed by atoms with Gasteiger partial charge in [-0.3, -0.25) is 0 Å². The van der Waals surface area contributed by atoms with E-state index in [1.807, 2.05) is 4.68 Å². The third-order valence-corrected chi connectivity index (χ3v) is 3.29. The van der Waals surface area contributed by atoms with Gasteiger partial charge in [0.05, 0.1) is 11.7 Å². The highest BCUT2D eigenvalue weighted by molar-refractivity contribution is 5.42. The average molecular weight is 273 g/mol. The first-order valence-electron chi connectivity index (χ1n) is 7.08. The second-order valence-electron chi connectivity index (χ2n) is 5.76. The van der Waals surface area contributed by atoms with Crippen molar-refractivity contribution in [2.24, 2.45) is 5.92 Å². The number of tetrazole rings is 1. The highest BCUT2D eigenvalue weighted by atomic mass is 15.5. The van der Waals surface area contributed by atoms with E-state index in [-0.39, 0.29) is 6.04 Å². The molecule has 20 heavy (non-hydrogen) atoms. The fourth-order valence-corrected chi connectivity index (χ4v) is 2.18. The van der Waals surface area contributed by atoms with Gasteiger partial charge in [0.1, 0.15) is 0 Å². The first-order valence-corrected chi connectivity index (χ1v) is 7.08. The van der Waals surface area contributed by atoms with Crippen molar-refractivity contribution < 1.29 is 0 Å². The lowest BCUT2D eigenvalue weighted by molar-refractivity contribution is 0.475. The summed E-state index contributed by atoms with van der Waals surface area (Å²) in [6, 6.07) is 6.42. The predicted molar refractivity (Wildman–Crippen MR) is 79.9 cm³/mol. The summed E-state index contributed by atoms with van der Waals surface area (Å²) in [4.78, 5) is 0. The second-order valence-corrected chi connectivity index (χ2v) is 5.76. The quantitative estimate of drug-likeness (QED) is 0.909. The van der Waals surface area contributed by atoms with Crippen LogP contribution >= 0.6 is 0 Å². The van der Waals surface area contributed by atoms with Crippen molar-refractivity contribution in [1.82, 2.24) is 25.5 Å². The number of hydrogen-bond donors (Lipinski definition) is 1. The van der Waals surface area contributed by atoms with Crippen molar-refractivity contribution in [2.75, 3.05) is 6.54 Å². The Kier molecular flexibility index (Phi) is 4.49. The molecule has 0 fully saturated rings. The number of nitrogens with zero attached hydrogens (tertiary/aromatic N) is 4. The Hall–Kier alpha value is -1.75. The van der Waals surface area contributed by atoms with Crippen LogP contribution in [0.5, 0.6) is 0 Å². The first-order chi connectivity index (χ1) is 9.49. The van der Waals surface area contributed by atoms with E-state index in [0.717, 1.165) is 18.1 Å². The van der Waals surface area contributed by atoms with E-state index in [9.17, 15) is 0 Å². The van der Waals surface area contributed by atoms with Gasteiger partial charge in [0.2, 0.25) is 0 Å². The molecule has 1 aromatic carbocycles. The van der Waals surface area contributed by atoms with Crippen LogP contribution in [0.25, 0.3) is 5.69 Å². The summed E-state index contributed by atoms with van der Waals surface area (Å²) < 4.78 is 1.83. The standard InChI is InChI=1S/C15H23N5/c1-10(2)9-16-13(5)15-17-18-19-20(15)14-7-6-11(3)8-12(14)4/h6-8,10,13,16H,9H2,1-5H3. The number of aromatic nitrogens is 4. The van der Waals surface area contributed by atoms with E-state index < -0.39 is 0 Å². The van der Waals surface area contributed by atoms with Gasteiger partial charge < -0.3 is 5.32 Å². The molecule has 0 amide bonds. The number of rotatable bonds is 5. The molecule has 0 saturated carbocycles. The average Bonchev–Trinajstić information content (AvgIpc) is 2.85. The van der Waals surface area contributed by atoms with Crippen molar-refractivity contribution in [3.8, 4) is 5.69 Å². The lowest BCUT2D eigenvalue weighted by Crippen LogP contribution is -2.26. The number of hydrogen-bond acceptors (Lipinski definition) is 4. The lowest BCUT2D eigenvalue weighted by atomic mass is 10.1. The minimum absolute atomic E-state index is 0.119. The molecule has 0 aliphatic carbocycles. The molecule has 0 radical (unpaired) electrons. The third kappa shape index (κ3) is 3.22. The summed E-state index contributed by atoms with van der Waals surface area (Å²) in [5, 5.41) is 15.6. The Labute approximate surface area is 120 Å². The van der Waals surface area contributed by atoms with E-state index in [1.165, 1.54) is 11.1 Å². The molecule has 0 bridgehead atoms. The van der Waals surface area contributed by atoms with Crippen molar-refractivity contribution in [2.45, 2.75) is 40.7 Å². The predicted octanol–water partition coefficient (Wildman–Crippen LogP) is 2.59. The Balaban J connectivity index is 2.28. The molecule has 1 unspecified atom stereocenters. The minimum atomic E-state index is 0.119. The summed E-state index contributed by atoms with van der Waals surface area (Å²) in [7, 11) is 0. The van der Waals surface area contributed by atoms with Crippen LogP contribution < -0.4 is 5.32 Å². The van der Waals surface area contributed by atoms with E-state index >= 15 is 0 Å². The van der Waals surface area contributed by atoms with Gasteiger partial charge in [-0.1, -0.05) is 31.5 Å². The fourth-order valence-electron chi connectivity index (χ4n) is 2.18. The molecule has 2 rings (SSSR count). The van der Waals surface area contributed by atoms with Gasteiger partial charge in [-0.2, -0.15) is 4.68 Å². The minimum Gasteiger partial charge on any atom is -0.307 e. The van der Waals surface area contributed by atoms with Crippen LogP contribution in [0.2, 0.25) is 0 Å². The summed E-state index contributed by atoms with van der Waals surface area (Å²) >= 11 is 0. The second kappa shape index (κ2) is 6.13. The molecular formula is C15H23N5. The van der Waals surface area contributed by atoms with E-state index in [4.69, 9.17) is 0 Å². The highest BCUT2D eigenvalue weighted by Crippen LogP contribution is 2.18. The van der Waals surface area contributed by atoms with Crippen LogP contribution in [-0.2, 0) is 0 Å². The summed E-state index contributed by atoms with van der Waals surface area (Å²) in [6.07, 6.45) is 0. The van der Waals surface area contributed by atoms with Gasteiger partial charge in [-0.05, 0) is 55.3 Å². The Morgan fingerprint density at radius 2 is 1.95 bits per heavy atom. The normalized spacial score (nSPS) is 12.9. The summed E-state index contributed by atoms with van der Waals surface area (Å²) in [6.45, 7) is 11.6. The molecule has 0 spiro atoms. The molecule has 1 N–H and O–H groups in total. The maximum atomic E-state index is 4.17. The molecule has 0 aliphatic rings. The van der Waals surface area contributed by atoms with E-state index in [1.54, 1.807) is 0 Å². The maximum Gasteiger partial charge on any atom is 0.173 e. The van der Waals surface area contributed by atoms with Crippen LogP contribution in [0.15, 0.2) is 18.2 Å². The van der Waals surface area contributed by atoms with Gasteiger partial charge >= 0.3 is 0 Å². The Morgan fingerprint density at radius 3 is 2.60 bits per heavy atom. The van der Waals surface area contributed by atoms with E-state index in [0.29, 0.717) is 5.92 Å². The van der Waals surface area contributed by atoms with Crippen molar-refractivity contribution in [1.29, 1.82) is 0 Å². The topological polar surface area (TPSA) is 55.6 Å². The van der Waals surface area contributed by atoms with Crippen molar-refractivity contribution in [3.63, 3.8) is 0 Å². The molecule has 1 heterocycles. The number of nitrogens with one attached hydrogen (secondary N) is 1. The van der Waals surface area contributed by atoms with Gasteiger partial charge in [0, 0.05) is 0 Å². The van der Waals surface area contributed by atoms with Gasteiger partial charge in [0.25, 0.3) is 0 Å². The van der Waals surface area contributed by atoms with E-state index in [2.05, 4.69) is 73.7 Å². The molecular weight excluding hydrogens is 250 g/mol. The fraction of sp³-hybridized carbons (Fsp3) is 0.533. The van der Waals surface area contributed by atoms with Crippen molar-refractivity contribution in [3.05, 3.63) is 35.2 Å². The van der Waals surface area contributed by atoms with Crippen LogP contribution in [0.1, 0.15) is 43.8 Å².